The predicted octanol–water partition coefficient (Wildman–Crippen LogP) is 6.27. The normalized spacial score (nSPS) is 12.1. The van der Waals surface area contributed by atoms with Crippen LogP contribution >= 0.6 is 0 Å². The Morgan fingerprint density at radius 3 is 2.09 bits per heavy atom. The number of rotatable bonds is 4. The summed E-state index contributed by atoms with van der Waals surface area (Å²) >= 11 is -0.941. The molecule has 0 amide bonds. The van der Waals surface area contributed by atoms with Crippen LogP contribution in [0.3, 0.4) is 0 Å². The second kappa shape index (κ2) is 5.73. The van der Waals surface area contributed by atoms with E-state index in [1.165, 1.54) is 55.2 Å². The molecule has 0 fully saturated rings. The Hall–Kier alpha value is -1.28. The molecule has 4 aromatic carbocycles. The first-order valence-electron chi connectivity index (χ1n) is 8.18. The summed E-state index contributed by atoms with van der Waals surface area (Å²) in [7, 11) is 0. The van der Waals surface area contributed by atoms with Crippen molar-refractivity contribution >= 4 is 52.1 Å². The van der Waals surface area contributed by atoms with E-state index in [1.54, 1.807) is 0 Å². The molecule has 1 heteroatoms. The molecule has 4 rings (SSSR count). The molecule has 0 heterocycles. The molecule has 0 aromatic heterocycles. The van der Waals surface area contributed by atoms with Crippen molar-refractivity contribution in [1.29, 1.82) is 0 Å². The van der Waals surface area contributed by atoms with Crippen molar-refractivity contribution < 1.29 is 0 Å². The molecule has 22 heavy (non-hydrogen) atoms. The number of hydrogen-bond acceptors (Lipinski definition) is 0. The Kier molecular flexibility index (Phi) is 3.73. The van der Waals surface area contributed by atoms with Gasteiger partial charge in [-0.15, -0.1) is 0 Å². The summed E-state index contributed by atoms with van der Waals surface area (Å²) in [5.41, 5.74) is 1.54. The fourth-order valence-corrected chi connectivity index (χ4v) is 6.17. The first-order chi connectivity index (χ1) is 10.7. The molecule has 0 atom stereocenters. The minimum absolute atomic E-state index is 0.941. The molecule has 0 aliphatic rings. The molecular weight excluding hydrogens is 371 g/mol. The number of hydrogen-bond donors (Lipinski definition) is 0. The van der Waals surface area contributed by atoms with Crippen LogP contribution in [0.25, 0.3) is 32.3 Å². The Balaban J connectivity index is 1.92. The van der Waals surface area contributed by atoms with Crippen molar-refractivity contribution in [3.05, 3.63) is 60.2 Å². The van der Waals surface area contributed by atoms with E-state index >= 15 is 0 Å². The molecular formula is C21H21Sn. The Morgan fingerprint density at radius 1 is 0.727 bits per heavy atom. The molecule has 0 saturated heterocycles. The van der Waals surface area contributed by atoms with Crippen molar-refractivity contribution in [1.82, 2.24) is 0 Å². The molecule has 0 unspecified atom stereocenters. The van der Waals surface area contributed by atoms with E-state index in [-0.39, 0.29) is 0 Å². The van der Waals surface area contributed by atoms with Gasteiger partial charge >= 0.3 is 139 Å². The third-order valence-electron chi connectivity index (χ3n) is 4.74. The van der Waals surface area contributed by atoms with Crippen LogP contribution in [0.4, 0.5) is 0 Å². The van der Waals surface area contributed by atoms with E-state index in [4.69, 9.17) is 0 Å². The van der Waals surface area contributed by atoms with Gasteiger partial charge in [0.2, 0.25) is 0 Å². The average Bonchev–Trinajstić information content (AvgIpc) is 2.53. The maximum absolute atomic E-state index is 2.51. The molecule has 0 bridgehead atoms. The number of aryl methyl sites for hydroxylation is 1. The van der Waals surface area contributed by atoms with Gasteiger partial charge in [0.1, 0.15) is 0 Å². The summed E-state index contributed by atoms with van der Waals surface area (Å²) in [6.07, 6.45) is 2.60. The van der Waals surface area contributed by atoms with E-state index < -0.39 is 19.8 Å². The fourth-order valence-electron chi connectivity index (χ4n) is 3.65. The maximum atomic E-state index is 2.51. The standard InChI is InChI=1S/C19H15.2CH3.Sn/c1-2-4-13-7-8-16-10-9-14-5-3-6-15-11-12-17(13)19(16)18(14)15;;;/h3,5-12H,1-2,4H2;2*1H3;. The van der Waals surface area contributed by atoms with E-state index in [0.29, 0.717) is 0 Å². The topological polar surface area (TPSA) is 0 Å². The molecule has 0 aliphatic heterocycles. The summed E-state index contributed by atoms with van der Waals surface area (Å²) in [5.74, 6) is 0. The van der Waals surface area contributed by atoms with Gasteiger partial charge in [0.05, 0.1) is 0 Å². The van der Waals surface area contributed by atoms with Crippen molar-refractivity contribution in [3.8, 4) is 0 Å². The van der Waals surface area contributed by atoms with Gasteiger partial charge in [-0.25, -0.2) is 0 Å². The fraction of sp³-hybridized carbons (Fsp3) is 0.238. The second-order valence-corrected chi connectivity index (χ2v) is 15.0. The van der Waals surface area contributed by atoms with Crippen molar-refractivity contribution in [2.75, 3.05) is 0 Å². The molecule has 0 nitrogen and oxygen atoms in total. The van der Waals surface area contributed by atoms with Gasteiger partial charge < -0.3 is 0 Å². The van der Waals surface area contributed by atoms with Crippen LogP contribution in [0, 0.1) is 0 Å². The molecule has 0 spiro atoms. The summed E-state index contributed by atoms with van der Waals surface area (Å²) in [6.45, 7) is 0. The van der Waals surface area contributed by atoms with E-state index in [9.17, 15) is 0 Å². The third-order valence-corrected chi connectivity index (χ3v) is 8.61. The van der Waals surface area contributed by atoms with Gasteiger partial charge in [-0.1, -0.05) is 0 Å². The summed E-state index contributed by atoms with van der Waals surface area (Å²) < 4.78 is 1.50. The third kappa shape index (κ3) is 2.38. The SMILES string of the molecule is [CH3][Sn]([CH3])[CH2]CCc1ccc2ccc3cccc4ccc1c2c34. The van der Waals surface area contributed by atoms with Crippen LogP contribution in [-0.4, -0.2) is 19.8 Å². The Bertz CT molecular complexity index is 921. The van der Waals surface area contributed by atoms with Gasteiger partial charge in [-0.2, -0.15) is 0 Å². The Labute approximate surface area is 139 Å². The van der Waals surface area contributed by atoms with Gasteiger partial charge in [0.25, 0.3) is 0 Å². The Morgan fingerprint density at radius 2 is 1.36 bits per heavy atom. The van der Waals surface area contributed by atoms with Crippen molar-refractivity contribution in [2.24, 2.45) is 0 Å². The average molecular weight is 392 g/mol. The van der Waals surface area contributed by atoms with Crippen LogP contribution in [0.1, 0.15) is 12.0 Å². The van der Waals surface area contributed by atoms with Crippen LogP contribution in [0.5, 0.6) is 0 Å². The van der Waals surface area contributed by atoms with Crippen LogP contribution in [0.15, 0.2) is 54.6 Å². The predicted molar refractivity (Wildman–Crippen MR) is 101 cm³/mol. The van der Waals surface area contributed by atoms with Gasteiger partial charge in [0, 0.05) is 0 Å². The van der Waals surface area contributed by atoms with E-state index in [0.717, 1.165) is 0 Å². The quantitative estimate of drug-likeness (QED) is 0.284. The molecule has 4 aromatic rings. The molecule has 1 radical (unpaired) electrons. The number of benzene rings is 4. The zero-order chi connectivity index (χ0) is 15.1. The van der Waals surface area contributed by atoms with Crippen molar-refractivity contribution in [2.45, 2.75) is 27.2 Å². The van der Waals surface area contributed by atoms with Gasteiger partial charge in [-0.3, -0.25) is 0 Å². The zero-order valence-corrected chi connectivity index (χ0v) is 16.2. The summed E-state index contributed by atoms with van der Waals surface area (Å²) in [6, 6.07) is 20.5. The first kappa shape index (κ1) is 14.3. The monoisotopic (exact) mass is 393 g/mol. The van der Waals surface area contributed by atoms with E-state index in [2.05, 4.69) is 64.5 Å². The molecule has 109 valence electrons. The first-order valence-corrected chi connectivity index (χ1v) is 15.9. The van der Waals surface area contributed by atoms with Crippen LogP contribution in [-0.2, 0) is 6.42 Å². The molecule has 0 saturated carbocycles. The van der Waals surface area contributed by atoms with Crippen LogP contribution in [0.2, 0.25) is 14.3 Å². The minimum atomic E-state index is -0.941. The zero-order valence-electron chi connectivity index (χ0n) is 13.3. The summed E-state index contributed by atoms with van der Waals surface area (Å²) in [4.78, 5) is 5.01. The van der Waals surface area contributed by atoms with Crippen molar-refractivity contribution in [3.63, 3.8) is 0 Å². The van der Waals surface area contributed by atoms with Gasteiger partial charge in [0.15, 0.2) is 0 Å². The van der Waals surface area contributed by atoms with Gasteiger partial charge in [-0.05, 0) is 0 Å². The van der Waals surface area contributed by atoms with E-state index in [1.807, 2.05) is 0 Å². The van der Waals surface area contributed by atoms with Crippen LogP contribution < -0.4 is 0 Å². The summed E-state index contributed by atoms with van der Waals surface area (Å²) in [5, 5.41) is 8.50. The second-order valence-electron chi connectivity index (χ2n) is 6.64. The molecule has 0 N–H and O–H groups in total. The molecule has 0 aliphatic carbocycles.